The van der Waals surface area contributed by atoms with Gasteiger partial charge in [-0.25, -0.2) is 14.2 Å². The molecule has 0 bridgehead atoms. The molecule has 0 saturated carbocycles. The molecule has 0 saturated heterocycles. The summed E-state index contributed by atoms with van der Waals surface area (Å²) in [6.07, 6.45) is 0. The average molecular weight is 424 g/mol. The first-order valence-electron chi connectivity index (χ1n) is 9.37. The smallest absolute Gasteiger partial charge is 0.339 e. The van der Waals surface area contributed by atoms with E-state index in [4.69, 9.17) is 4.74 Å². The molecule has 0 unspecified atom stereocenters. The quantitative estimate of drug-likeness (QED) is 0.590. The molecule has 160 valence electrons. The second kappa shape index (κ2) is 9.21. The first kappa shape index (κ1) is 21.7. The zero-order chi connectivity index (χ0) is 22.5. The lowest BCUT2D eigenvalue weighted by molar-refractivity contribution is -0.116. The number of aromatic nitrogens is 2. The summed E-state index contributed by atoms with van der Waals surface area (Å²) in [6.45, 7) is 2.91. The fourth-order valence-electron chi connectivity index (χ4n) is 2.93. The van der Waals surface area contributed by atoms with E-state index < -0.39 is 17.4 Å². The fourth-order valence-corrected chi connectivity index (χ4v) is 2.93. The summed E-state index contributed by atoms with van der Waals surface area (Å²) in [4.78, 5) is 41.4. The summed E-state index contributed by atoms with van der Waals surface area (Å²) in [5, 5.41) is 5.58. The van der Waals surface area contributed by atoms with Crippen LogP contribution in [0.15, 0.2) is 53.3 Å². The average Bonchev–Trinajstić information content (AvgIpc) is 2.73. The number of aryl methyl sites for hydroxylation is 2. The Hall–Kier alpha value is -4.01. The number of para-hydroxylation sites is 1. The predicted octanol–water partition coefficient (Wildman–Crippen LogP) is 3.17. The molecule has 2 N–H and O–H groups in total. The molecule has 8 nitrogen and oxygen atoms in total. The minimum atomic E-state index is -0.598. The lowest BCUT2D eigenvalue weighted by Gasteiger charge is -2.15. The van der Waals surface area contributed by atoms with Crippen LogP contribution in [0.5, 0.6) is 0 Å². The molecular formula is C22H21FN4O4. The van der Waals surface area contributed by atoms with Gasteiger partial charge in [0.05, 0.1) is 18.4 Å². The maximum Gasteiger partial charge on any atom is 0.339 e. The lowest BCUT2D eigenvalue weighted by atomic mass is 10.2. The number of carbonyl (C=O) groups is 2. The third-order valence-electron chi connectivity index (χ3n) is 4.46. The first-order chi connectivity index (χ1) is 14.8. The number of halogens is 1. The summed E-state index contributed by atoms with van der Waals surface area (Å²) in [5.41, 5.74) is 1.40. The number of hydrogen-bond donors (Lipinski definition) is 2. The van der Waals surface area contributed by atoms with Crippen molar-refractivity contribution in [3.05, 3.63) is 81.5 Å². The Morgan fingerprint density at radius 2 is 1.87 bits per heavy atom. The number of rotatable bonds is 6. The van der Waals surface area contributed by atoms with Gasteiger partial charge in [-0.05, 0) is 49.7 Å². The van der Waals surface area contributed by atoms with E-state index in [9.17, 15) is 18.8 Å². The zero-order valence-electron chi connectivity index (χ0n) is 17.2. The molecule has 0 fully saturated rings. The van der Waals surface area contributed by atoms with Crippen LogP contribution in [0.1, 0.15) is 21.6 Å². The number of hydrogen-bond acceptors (Lipinski definition) is 6. The molecule has 2 aromatic carbocycles. The number of nitrogens with zero attached hydrogens (tertiary/aromatic N) is 2. The van der Waals surface area contributed by atoms with Crippen LogP contribution in [0.3, 0.4) is 0 Å². The van der Waals surface area contributed by atoms with Gasteiger partial charge in [0.2, 0.25) is 11.9 Å². The van der Waals surface area contributed by atoms with Crippen molar-refractivity contribution in [2.45, 2.75) is 20.4 Å². The standard InChI is InChI=1S/C22H21FN4O4/c1-13-10-15(8-9-17(13)23)25-22-24-14(2)11-20(29)27(22)12-19(28)26-18-7-5-4-6-16(18)21(30)31-3/h4-11H,12H2,1-3H3,(H,24,25)(H,26,28). The van der Waals surface area contributed by atoms with Crippen molar-refractivity contribution in [3.8, 4) is 0 Å². The Morgan fingerprint density at radius 1 is 1.13 bits per heavy atom. The minimum Gasteiger partial charge on any atom is -0.465 e. The molecule has 0 radical (unpaired) electrons. The van der Waals surface area contributed by atoms with Gasteiger partial charge in [0.15, 0.2) is 0 Å². The van der Waals surface area contributed by atoms with E-state index in [1.54, 1.807) is 38.1 Å². The summed E-state index contributed by atoms with van der Waals surface area (Å²) in [6, 6.07) is 12.1. The highest BCUT2D eigenvalue weighted by atomic mass is 19.1. The van der Waals surface area contributed by atoms with Crippen LogP contribution < -0.4 is 16.2 Å². The Bertz CT molecular complexity index is 1210. The molecule has 3 aromatic rings. The van der Waals surface area contributed by atoms with E-state index in [2.05, 4.69) is 15.6 Å². The number of ether oxygens (including phenoxy) is 1. The van der Waals surface area contributed by atoms with E-state index >= 15 is 0 Å². The van der Waals surface area contributed by atoms with Crippen LogP contribution in [-0.2, 0) is 16.1 Å². The number of amides is 1. The first-order valence-corrected chi connectivity index (χ1v) is 9.37. The van der Waals surface area contributed by atoms with Crippen molar-refractivity contribution in [2.24, 2.45) is 0 Å². The van der Waals surface area contributed by atoms with E-state index in [-0.39, 0.29) is 29.6 Å². The van der Waals surface area contributed by atoms with Crippen LogP contribution in [0.2, 0.25) is 0 Å². The number of carbonyl (C=O) groups excluding carboxylic acids is 2. The molecule has 0 aliphatic heterocycles. The normalized spacial score (nSPS) is 10.5. The SMILES string of the molecule is COC(=O)c1ccccc1NC(=O)Cn1c(Nc2ccc(F)c(C)c2)nc(C)cc1=O. The molecule has 0 aliphatic rings. The van der Waals surface area contributed by atoms with Crippen molar-refractivity contribution >= 4 is 29.2 Å². The summed E-state index contributed by atoms with van der Waals surface area (Å²) < 4.78 is 19.4. The van der Waals surface area contributed by atoms with Crippen LogP contribution >= 0.6 is 0 Å². The highest BCUT2D eigenvalue weighted by Crippen LogP contribution is 2.19. The highest BCUT2D eigenvalue weighted by Gasteiger charge is 2.16. The van der Waals surface area contributed by atoms with Crippen molar-refractivity contribution in [1.29, 1.82) is 0 Å². The third kappa shape index (κ3) is 5.13. The molecule has 1 amide bonds. The van der Waals surface area contributed by atoms with Crippen molar-refractivity contribution < 1.29 is 18.7 Å². The summed E-state index contributed by atoms with van der Waals surface area (Å²) in [5.74, 6) is -1.36. The molecular weight excluding hydrogens is 403 g/mol. The van der Waals surface area contributed by atoms with Crippen LogP contribution in [0.4, 0.5) is 21.7 Å². The number of esters is 1. The van der Waals surface area contributed by atoms with Gasteiger partial charge in [-0.15, -0.1) is 0 Å². The van der Waals surface area contributed by atoms with Crippen molar-refractivity contribution in [2.75, 3.05) is 17.7 Å². The largest absolute Gasteiger partial charge is 0.465 e. The third-order valence-corrected chi connectivity index (χ3v) is 4.46. The number of anilines is 3. The molecule has 3 rings (SSSR count). The van der Waals surface area contributed by atoms with Gasteiger partial charge in [-0.1, -0.05) is 12.1 Å². The summed E-state index contributed by atoms with van der Waals surface area (Å²) >= 11 is 0. The van der Waals surface area contributed by atoms with Crippen LogP contribution in [-0.4, -0.2) is 28.5 Å². The Labute approximate surface area is 177 Å². The zero-order valence-corrected chi connectivity index (χ0v) is 17.2. The Balaban J connectivity index is 1.88. The van der Waals surface area contributed by atoms with Gasteiger partial charge in [0.25, 0.3) is 5.56 Å². The topological polar surface area (TPSA) is 102 Å². The highest BCUT2D eigenvalue weighted by molar-refractivity contribution is 6.01. The Morgan fingerprint density at radius 3 is 2.58 bits per heavy atom. The molecule has 9 heteroatoms. The lowest BCUT2D eigenvalue weighted by Crippen LogP contribution is -2.30. The number of methoxy groups -OCH3 is 1. The molecule has 0 spiro atoms. The molecule has 0 aliphatic carbocycles. The number of nitrogens with one attached hydrogen (secondary N) is 2. The van der Waals surface area contributed by atoms with Crippen LogP contribution in [0.25, 0.3) is 0 Å². The summed E-state index contributed by atoms with van der Waals surface area (Å²) in [7, 11) is 1.24. The molecule has 1 aromatic heterocycles. The van der Waals surface area contributed by atoms with E-state index in [0.29, 0.717) is 16.9 Å². The van der Waals surface area contributed by atoms with Gasteiger partial charge in [-0.3, -0.25) is 14.2 Å². The van der Waals surface area contributed by atoms with Crippen molar-refractivity contribution in [1.82, 2.24) is 9.55 Å². The second-order valence-electron chi connectivity index (χ2n) is 6.82. The Kier molecular flexibility index (Phi) is 6.44. The second-order valence-corrected chi connectivity index (χ2v) is 6.82. The van der Waals surface area contributed by atoms with E-state index in [1.165, 1.54) is 31.4 Å². The van der Waals surface area contributed by atoms with Crippen molar-refractivity contribution in [3.63, 3.8) is 0 Å². The minimum absolute atomic E-state index is 0.132. The van der Waals surface area contributed by atoms with Gasteiger partial charge in [0.1, 0.15) is 12.4 Å². The van der Waals surface area contributed by atoms with Gasteiger partial charge < -0.3 is 15.4 Å². The van der Waals surface area contributed by atoms with Gasteiger partial charge in [-0.2, -0.15) is 0 Å². The van der Waals surface area contributed by atoms with Gasteiger partial charge in [0, 0.05) is 17.4 Å². The predicted molar refractivity (Wildman–Crippen MR) is 114 cm³/mol. The van der Waals surface area contributed by atoms with E-state index in [1.807, 2.05) is 0 Å². The van der Waals surface area contributed by atoms with E-state index in [0.717, 1.165) is 4.57 Å². The molecule has 1 heterocycles. The monoisotopic (exact) mass is 424 g/mol. The van der Waals surface area contributed by atoms with Crippen LogP contribution in [0, 0.1) is 19.7 Å². The maximum absolute atomic E-state index is 13.6. The molecule has 0 atom stereocenters. The molecule has 31 heavy (non-hydrogen) atoms. The maximum atomic E-state index is 13.6. The fraction of sp³-hybridized carbons (Fsp3) is 0.182. The number of benzene rings is 2. The van der Waals surface area contributed by atoms with Gasteiger partial charge >= 0.3 is 5.97 Å².